The largest absolute Gasteiger partial charge is 0.348 e. The Hall–Kier alpha value is -3.68. The van der Waals surface area contributed by atoms with Gasteiger partial charge in [0.15, 0.2) is 0 Å². The fourth-order valence-electron chi connectivity index (χ4n) is 3.24. The first-order chi connectivity index (χ1) is 14.5. The molecule has 2 aliphatic rings. The third-order valence-electron chi connectivity index (χ3n) is 5.15. The van der Waals surface area contributed by atoms with Crippen molar-refractivity contribution in [1.82, 2.24) is 15.5 Å². The average molecular weight is 406 g/mol. The minimum absolute atomic E-state index is 0.0235. The lowest BCUT2D eigenvalue weighted by atomic mass is 10.1. The number of carbonyl (C=O) groups is 4. The first-order valence-electron chi connectivity index (χ1n) is 9.85. The van der Waals surface area contributed by atoms with Crippen LogP contribution < -0.4 is 16.0 Å². The molecule has 2 aromatic rings. The van der Waals surface area contributed by atoms with Crippen LogP contribution in [0.5, 0.6) is 0 Å². The van der Waals surface area contributed by atoms with E-state index in [-0.39, 0.29) is 36.7 Å². The molecule has 0 unspecified atom stereocenters. The molecule has 8 heteroatoms. The summed E-state index contributed by atoms with van der Waals surface area (Å²) in [5, 5.41) is 8.21. The Balaban J connectivity index is 1.36. The van der Waals surface area contributed by atoms with Crippen LogP contribution in [0.15, 0.2) is 48.5 Å². The molecular weight excluding hydrogens is 384 g/mol. The molecule has 2 aromatic carbocycles. The number of rotatable bonds is 7. The van der Waals surface area contributed by atoms with Crippen molar-refractivity contribution in [2.75, 3.05) is 11.9 Å². The fraction of sp³-hybridized carbons (Fsp3) is 0.273. The van der Waals surface area contributed by atoms with Gasteiger partial charge in [-0.2, -0.15) is 0 Å². The molecule has 1 saturated carbocycles. The summed E-state index contributed by atoms with van der Waals surface area (Å²) in [6.45, 7) is 0.334. The molecule has 1 aliphatic carbocycles. The Labute approximate surface area is 173 Å². The zero-order valence-electron chi connectivity index (χ0n) is 16.3. The zero-order chi connectivity index (χ0) is 21.1. The van der Waals surface area contributed by atoms with Gasteiger partial charge in [-0.15, -0.1) is 0 Å². The number of hydrogen-bond donors (Lipinski definition) is 3. The second kappa shape index (κ2) is 8.36. The quantitative estimate of drug-likeness (QED) is 0.612. The Morgan fingerprint density at radius 2 is 1.77 bits per heavy atom. The van der Waals surface area contributed by atoms with Crippen molar-refractivity contribution in [2.45, 2.75) is 25.9 Å². The minimum Gasteiger partial charge on any atom is -0.348 e. The Morgan fingerprint density at radius 3 is 2.43 bits per heavy atom. The second-order valence-corrected chi connectivity index (χ2v) is 7.44. The number of carbonyl (C=O) groups excluding carboxylic acids is 4. The number of benzene rings is 2. The van der Waals surface area contributed by atoms with Crippen LogP contribution in [-0.2, 0) is 22.7 Å². The van der Waals surface area contributed by atoms with E-state index in [0.717, 1.165) is 29.0 Å². The van der Waals surface area contributed by atoms with E-state index in [0.29, 0.717) is 17.7 Å². The number of imide groups is 1. The van der Waals surface area contributed by atoms with Gasteiger partial charge in [0.25, 0.3) is 5.91 Å². The number of nitrogens with one attached hydrogen (secondary N) is 3. The third-order valence-corrected chi connectivity index (χ3v) is 5.15. The summed E-state index contributed by atoms with van der Waals surface area (Å²) in [6.07, 6.45) is 1.90. The number of urea groups is 1. The summed E-state index contributed by atoms with van der Waals surface area (Å²) < 4.78 is 0. The molecule has 4 rings (SSSR count). The monoisotopic (exact) mass is 406 g/mol. The van der Waals surface area contributed by atoms with Crippen molar-refractivity contribution in [3.05, 3.63) is 65.2 Å². The van der Waals surface area contributed by atoms with E-state index in [1.54, 1.807) is 24.3 Å². The van der Waals surface area contributed by atoms with Gasteiger partial charge in [0, 0.05) is 23.7 Å². The van der Waals surface area contributed by atoms with Gasteiger partial charge >= 0.3 is 6.03 Å². The van der Waals surface area contributed by atoms with Crippen LogP contribution in [0, 0.1) is 5.92 Å². The van der Waals surface area contributed by atoms with Crippen molar-refractivity contribution >= 4 is 29.4 Å². The highest BCUT2D eigenvalue weighted by Crippen LogP contribution is 2.30. The predicted molar refractivity (Wildman–Crippen MR) is 109 cm³/mol. The Kier molecular flexibility index (Phi) is 5.47. The molecule has 0 aromatic heterocycles. The Bertz CT molecular complexity index is 982. The van der Waals surface area contributed by atoms with Gasteiger partial charge in [-0.3, -0.25) is 19.3 Å². The van der Waals surface area contributed by atoms with Crippen LogP contribution in [0.3, 0.4) is 0 Å². The van der Waals surface area contributed by atoms with E-state index in [1.807, 2.05) is 24.3 Å². The molecule has 30 heavy (non-hydrogen) atoms. The van der Waals surface area contributed by atoms with E-state index < -0.39 is 6.03 Å². The van der Waals surface area contributed by atoms with Crippen LogP contribution in [0.4, 0.5) is 10.5 Å². The van der Waals surface area contributed by atoms with E-state index >= 15 is 0 Å². The predicted octanol–water partition coefficient (Wildman–Crippen LogP) is 2.02. The maximum absolute atomic E-state index is 12.7. The molecular formula is C22H22N4O4. The van der Waals surface area contributed by atoms with Crippen molar-refractivity contribution < 1.29 is 19.2 Å². The van der Waals surface area contributed by atoms with Crippen LogP contribution in [0.1, 0.15) is 34.3 Å². The highest BCUT2D eigenvalue weighted by molar-refractivity contribution is 6.02. The van der Waals surface area contributed by atoms with Crippen LogP contribution in [-0.4, -0.2) is 35.2 Å². The van der Waals surface area contributed by atoms with E-state index in [2.05, 4.69) is 16.0 Å². The first kappa shape index (κ1) is 19.6. The van der Waals surface area contributed by atoms with Gasteiger partial charge in [-0.25, -0.2) is 4.79 Å². The minimum atomic E-state index is -0.455. The molecule has 1 heterocycles. The average Bonchev–Trinajstić information content (AvgIpc) is 3.56. The standard InChI is InChI=1S/C22H22N4O4/c27-19-12-24-22(30)26(19)13-16-3-1-2-4-18(16)21(29)23-11-14-5-9-17(10-6-14)25-20(28)15-7-8-15/h1-6,9-10,15H,7-8,11-13H2,(H,23,29)(H,24,30)(H,25,28). The summed E-state index contributed by atoms with van der Waals surface area (Å²) in [5.41, 5.74) is 2.64. The lowest BCUT2D eigenvalue weighted by molar-refractivity contribution is -0.125. The fourth-order valence-corrected chi connectivity index (χ4v) is 3.24. The topological polar surface area (TPSA) is 108 Å². The number of anilines is 1. The van der Waals surface area contributed by atoms with Gasteiger partial charge in [0.1, 0.15) is 0 Å². The summed E-state index contributed by atoms with van der Waals surface area (Å²) in [6, 6.07) is 13.8. The molecule has 0 radical (unpaired) electrons. The molecule has 0 bridgehead atoms. The molecule has 154 valence electrons. The van der Waals surface area contributed by atoms with Crippen molar-refractivity contribution in [2.24, 2.45) is 5.92 Å². The summed E-state index contributed by atoms with van der Waals surface area (Å²) in [7, 11) is 0. The SMILES string of the molecule is O=C(NCc1ccc(NC(=O)C2CC2)cc1)c1ccccc1CN1C(=O)CNC1=O. The lowest BCUT2D eigenvalue weighted by Gasteiger charge is -2.15. The van der Waals surface area contributed by atoms with E-state index in [9.17, 15) is 19.2 Å². The molecule has 0 spiro atoms. The highest BCUT2D eigenvalue weighted by atomic mass is 16.2. The zero-order valence-corrected chi connectivity index (χ0v) is 16.3. The molecule has 0 atom stereocenters. The van der Waals surface area contributed by atoms with Crippen LogP contribution in [0.2, 0.25) is 0 Å². The van der Waals surface area contributed by atoms with Gasteiger partial charge in [-0.1, -0.05) is 30.3 Å². The lowest BCUT2D eigenvalue weighted by Crippen LogP contribution is -2.32. The van der Waals surface area contributed by atoms with Gasteiger partial charge in [-0.05, 0) is 42.2 Å². The molecule has 3 N–H and O–H groups in total. The summed E-state index contributed by atoms with van der Waals surface area (Å²) >= 11 is 0. The van der Waals surface area contributed by atoms with Crippen molar-refractivity contribution in [3.8, 4) is 0 Å². The van der Waals surface area contributed by atoms with Gasteiger partial charge in [0.2, 0.25) is 11.8 Å². The molecule has 2 fully saturated rings. The molecule has 1 aliphatic heterocycles. The number of nitrogens with zero attached hydrogens (tertiary/aromatic N) is 1. The van der Waals surface area contributed by atoms with Crippen molar-refractivity contribution in [1.29, 1.82) is 0 Å². The first-order valence-corrected chi connectivity index (χ1v) is 9.85. The molecule has 5 amide bonds. The van der Waals surface area contributed by atoms with Crippen LogP contribution >= 0.6 is 0 Å². The smallest absolute Gasteiger partial charge is 0.324 e. The number of amides is 5. The Morgan fingerprint density at radius 1 is 1.03 bits per heavy atom. The van der Waals surface area contributed by atoms with Crippen molar-refractivity contribution in [3.63, 3.8) is 0 Å². The second-order valence-electron chi connectivity index (χ2n) is 7.44. The number of hydrogen-bond acceptors (Lipinski definition) is 4. The maximum atomic E-state index is 12.7. The van der Waals surface area contributed by atoms with Crippen LogP contribution in [0.25, 0.3) is 0 Å². The summed E-state index contributed by atoms with van der Waals surface area (Å²) in [5.74, 6) is -0.406. The third kappa shape index (κ3) is 4.48. The van der Waals surface area contributed by atoms with E-state index in [4.69, 9.17) is 0 Å². The normalized spacial score (nSPS) is 15.7. The molecule has 1 saturated heterocycles. The highest BCUT2D eigenvalue weighted by Gasteiger charge is 2.30. The van der Waals surface area contributed by atoms with Gasteiger partial charge in [0.05, 0.1) is 13.1 Å². The summed E-state index contributed by atoms with van der Waals surface area (Å²) in [4.78, 5) is 49.2. The molecule has 8 nitrogen and oxygen atoms in total. The van der Waals surface area contributed by atoms with Gasteiger partial charge < -0.3 is 16.0 Å². The van der Waals surface area contributed by atoms with E-state index in [1.165, 1.54) is 0 Å². The maximum Gasteiger partial charge on any atom is 0.324 e.